The van der Waals surface area contributed by atoms with Gasteiger partial charge in [0, 0.05) is 18.5 Å². The van der Waals surface area contributed by atoms with Crippen LogP contribution in [0.5, 0.6) is 0 Å². The fraction of sp³-hybridized carbons (Fsp3) is 0.917. The van der Waals surface area contributed by atoms with Gasteiger partial charge in [-0.15, -0.1) is 12.4 Å². The molecule has 2 fully saturated rings. The molecular weight excluding hydrogens is 224 g/mol. The quantitative estimate of drug-likeness (QED) is 0.822. The van der Waals surface area contributed by atoms with Crippen molar-refractivity contribution in [3.8, 4) is 0 Å². The van der Waals surface area contributed by atoms with Gasteiger partial charge in [-0.05, 0) is 45.2 Å². The van der Waals surface area contributed by atoms with Gasteiger partial charge in [-0.25, -0.2) is 0 Å². The number of carbonyl (C=O) groups excluding carboxylic acids is 1. The number of rotatable bonds is 3. The average molecular weight is 247 g/mol. The topological polar surface area (TPSA) is 32.3 Å². The third-order valence-corrected chi connectivity index (χ3v) is 3.82. The van der Waals surface area contributed by atoms with Crippen LogP contribution in [0.3, 0.4) is 0 Å². The van der Waals surface area contributed by atoms with Crippen LogP contribution in [0.25, 0.3) is 0 Å². The number of amides is 1. The van der Waals surface area contributed by atoms with Crippen LogP contribution in [0.15, 0.2) is 0 Å². The Morgan fingerprint density at radius 3 is 2.75 bits per heavy atom. The molecular formula is C12H23ClN2O. The van der Waals surface area contributed by atoms with Crippen molar-refractivity contribution in [2.45, 2.75) is 32.6 Å². The summed E-state index contributed by atoms with van der Waals surface area (Å²) in [6.45, 7) is 5.10. The molecule has 0 aromatic carbocycles. The molecule has 0 bridgehead atoms. The predicted molar refractivity (Wildman–Crippen MR) is 67.8 cm³/mol. The molecule has 1 saturated heterocycles. The van der Waals surface area contributed by atoms with Gasteiger partial charge >= 0.3 is 0 Å². The van der Waals surface area contributed by atoms with Crippen molar-refractivity contribution < 1.29 is 4.79 Å². The van der Waals surface area contributed by atoms with E-state index in [4.69, 9.17) is 0 Å². The summed E-state index contributed by atoms with van der Waals surface area (Å²) in [5.74, 6) is 1.07. The Morgan fingerprint density at radius 1 is 1.50 bits per heavy atom. The molecule has 94 valence electrons. The van der Waals surface area contributed by atoms with Gasteiger partial charge in [-0.1, -0.05) is 6.92 Å². The van der Waals surface area contributed by atoms with Crippen LogP contribution in [0, 0.1) is 11.3 Å². The second-order valence-corrected chi connectivity index (χ2v) is 5.38. The van der Waals surface area contributed by atoms with Gasteiger partial charge < -0.3 is 10.2 Å². The van der Waals surface area contributed by atoms with Gasteiger partial charge in [0.25, 0.3) is 0 Å². The zero-order valence-corrected chi connectivity index (χ0v) is 11.1. The Balaban J connectivity index is 0.00000128. The van der Waals surface area contributed by atoms with Crippen molar-refractivity contribution in [1.82, 2.24) is 10.2 Å². The number of likely N-dealkylation sites (tertiary alicyclic amines) is 1. The summed E-state index contributed by atoms with van der Waals surface area (Å²) in [5, 5.41) is 3.21. The fourth-order valence-electron chi connectivity index (χ4n) is 2.49. The molecule has 1 aliphatic carbocycles. The lowest BCUT2D eigenvalue weighted by atomic mass is 9.96. The summed E-state index contributed by atoms with van der Waals surface area (Å²) in [4.78, 5) is 14.2. The summed E-state index contributed by atoms with van der Waals surface area (Å²) in [5.41, 5.74) is 0.0154. The van der Waals surface area contributed by atoms with Gasteiger partial charge in [0.05, 0.1) is 0 Å². The second-order valence-electron chi connectivity index (χ2n) is 5.38. The molecule has 1 unspecified atom stereocenters. The summed E-state index contributed by atoms with van der Waals surface area (Å²) >= 11 is 0. The molecule has 1 atom stereocenters. The summed E-state index contributed by atoms with van der Waals surface area (Å²) in [6.07, 6.45) is 4.63. The van der Waals surface area contributed by atoms with Gasteiger partial charge in [-0.3, -0.25) is 4.79 Å². The maximum atomic E-state index is 12.1. The van der Waals surface area contributed by atoms with Crippen LogP contribution < -0.4 is 5.32 Å². The molecule has 2 aliphatic rings. The number of nitrogens with zero attached hydrogens (tertiary/aromatic N) is 1. The van der Waals surface area contributed by atoms with Crippen LogP contribution in [-0.4, -0.2) is 37.5 Å². The lowest BCUT2D eigenvalue weighted by Gasteiger charge is -2.34. The second kappa shape index (κ2) is 5.37. The zero-order chi connectivity index (χ0) is 10.9. The number of halogens is 1. The van der Waals surface area contributed by atoms with Gasteiger partial charge in [0.1, 0.15) is 0 Å². The van der Waals surface area contributed by atoms with E-state index in [1.807, 2.05) is 7.05 Å². The highest BCUT2D eigenvalue weighted by atomic mass is 35.5. The first kappa shape index (κ1) is 13.8. The molecule has 0 aromatic rings. The van der Waals surface area contributed by atoms with Crippen LogP contribution in [0.1, 0.15) is 32.6 Å². The molecule has 1 aliphatic heterocycles. The number of piperidine rings is 1. The molecule has 16 heavy (non-hydrogen) atoms. The average Bonchev–Trinajstić information content (AvgIpc) is 2.98. The van der Waals surface area contributed by atoms with Gasteiger partial charge in [0.15, 0.2) is 0 Å². The number of hydrogen-bond donors (Lipinski definition) is 1. The highest BCUT2D eigenvalue weighted by Crippen LogP contribution is 2.46. The van der Waals surface area contributed by atoms with E-state index in [1.54, 1.807) is 0 Å². The van der Waals surface area contributed by atoms with Crippen molar-refractivity contribution in [3.63, 3.8) is 0 Å². The Bertz CT molecular complexity index is 251. The van der Waals surface area contributed by atoms with Crippen molar-refractivity contribution in [2.75, 3.05) is 26.7 Å². The van der Waals surface area contributed by atoms with Crippen LogP contribution in [0.2, 0.25) is 0 Å². The third-order valence-electron chi connectivity index (χ3n) is 3.82. The summed E-state index contributed by atoms with van der Waals surface area (Å²) < 4.78 is 0. The maximum absolute atomic E-state index is 12.1. The lowest BCUT2D eigenvalue weighted by molar-refractivity contribution is -0.138. The van der Waals surface area contributed by atoms with E-state index in [0.29, 0.717) is 11.8 Å². The van der Waals surface area contributed by atoms with E-state index in [1.165, 1.54) is 12.8 Å². The van der Waals surface area contributed by atoms with E-state index < -0.39 is 0 Å². The molecule has 4 heteroatoms. The largest absolute Gasteiger partial charge is 0.342 e. The summed E-state index contributed by atoms with van der Waals surface area (Å²) in [6, 6.07) is 0. The molecule has 0 spiro atoms. The SMILES string of the molecule is CNCC1CCCN(C(=O)C2(C)CC2)C1.Cl. The van der Waals surface area contributed by atoms with E-state index in [-0.39, 0.29) is 17.8 Å². The highest BCUT2D eigenvalue weighted by molar-refractivity contribution is 5.85. The summed E-state index contributed by atoms with van der Waals surface area (Å²) in [7, 11) is 1.99. The molecule has 1 amide bonds. The lowest BCUT2D eigenvalue weighted by Crippen LogP contribution is -2.45. The van der Waals surface area contributed by atoms with Crippen LogP contribution in [-0.2, 0) is 4.79 Å². The molecule has 1 N–H and O–H groups in total. The number of nitrogens with one attached hydrogen (secondary N) is 1. The molecule has 2 rings (SSSR count). The first-order chi connectivity index (χ1) is 7.15. The normalized spacial score (nSPS) is 27.1. The predicted octanol–water partition coefficient (Wildman–Crippen LogP) is 1.67. The first-order valence-electron chi connectivity index (χ1n) is 6.10. The minimum absolute atomic E-state index is 0. The van der Waals surface area contributed by atoms with E-state index in [9.17, 15) is 4.79 Å². The Hall–Kier alpha value is -0.280. The minimum atomic E-state index is 0. The first-order valence-corrected chi connectivity index (χ1v) is 6.10. The number of carbonyl (C=O) groups is 1. The number of hydrogen-bond acceptors (Lipinski definition) is 2. The van der Waals surface area contributed by atoms with Crippen molar-refractivity contribution >= 4 is 18.3 Å². The standard InChI is InChI=1S/C12H22N2O.ClH/c1-12(5-6-12)11(15)14-7-3-4-10(9-14)8-13-2;/h10,13H,3-9H2,1-2H3;1H. The van der Waals surface area contributed by atoms with Crippen molar-refractivity contribution in [3.05, 3.63) is 0 Å². The van der Waals surface area contributed by atoms with Gasteiger partial charge in [0.2, 0.25) is 5.91 Å². The van der Waals surface area contributed by atoms with E-state index in [0.717, 1.165) is 32.5 Å². The Labute approximate surface area is 104 Å². The Kier molecular flexibility index (Phi) is 4.62. The molecule has 0 radical (unpaired) electrons. The van der Waals surface area contributed by atoms with E-state index in [2.05, 4.69) is 17.1 Å². The monoisotopic (exact) mass is 246 g/mol. The zero-order valence-electron chi connectivity index (χ0n) is 10.3. The van der Waals surface area contributed by atoms with Gasteiger partial charge in [-0.2, -0.15) is 0 Å². The fourth-order valence-corrected chi connectivity index (χ4v) is 2.49. The van der Waals surface area contributed by atoms with Crippen LogP contribution >= 0.6 is 12.4 Å². The molecule has 0 aromatic heterocycles. The Morgan fingerprint density at radius 2 is 2.19 bits per heavy atom. The molecule has 3 nitrogen and oxygen atoms in total. The van der Waals surface area contributed by atoms with E-state index >= 15 is 0 Å². The highest BCUT2D eigenvalue weighted by Gasteiger charge is 2.47. The maximum Gasteiger partial charge on any atom is 0.228 e. The van der Waals surface area contributed by atoms with Crippen molar-refractivity contribution in [1.29, 1.82) is 0 Å². The van der Waals surface area contributed by atoms with Crippen molar-refractivity contribution in [2.24, 2.45) is 11.3 Å². The third kappa shape index (κ3) is 2.89. The minimum Gasteiger partial charge on any atom is -0.342 e. The molecule has 1 saturated carbocycles. The smallest absolute Gasteiger partial charge is 0.228 e. The van der Waals surface area contributed by atoms with Crippen LogP contribution in [0.4, 0.5) is 0 Å². The molecule has 1 heterocycles.